The first-order chi connectivity index (χ1) is 8.31. The predicted octanol–water partition coefficient (Wildman–Crippen LogP) is -0.807. The number of amides is 1. The van der Waals surface area contributed by atoms with Crippen molar-refractivity contribution in [1.82, 2.24) is 19.8 Å². The van der Waals surface area contributed by atoms with Crippen LogP contribution in [0.3, 0.4) is 0 Å². The highest BCUT2D eigenvalue weighted by Crippen LogP contribution is 2.05. The molecule has 0 bridgehead atoms. The van der Waals surface area contributed by atoms with E-state index in [9.17, 15) is 4.79 Å². The summed E-state index contributed by atoms with van der Waals surface area (Å²) in [6, 6.07) is 0. The summed E-state index contributed by atoms with van der Waals surface area (Å²) >= 11 is 0. The van der Waals surface area contributed by atoms with Gasteiger partial charge in [0.1, 0.15) is 5.69 Å². The van der Waals surface area contributed by atoms with E-state index in [0.717, 1.165) is 32.7 Å². The molecule has 1 aliphatic heterocycles. The molecule has 1 aliphatic rings. The first-order valence-electron chi connectivity index (χ1n) is 5.79. The summed E-state index contributed by atoms with van der Waals surface area (Å²) in [7, 11) is 0. The zero-order valence-corrected chi connectivity index (χ0v) is 9.75. The van der Waals surface area contributed by atoms with Crippen molar-refractivity contribution in [2.45, 2.75) is 0 Å². The fourth-order valence-electron chi connectivity index (χ4n) is 1.93. The van der Waals surface area contributed by atoms with Gasteiger partial charge < -0.3 is 10.6 Å². The van der Waals surface area contributed by atoms with E-state index >= 15 is 0 Å². The molecular formula is C11H17N5O. The molecule has 0 aromatic carbocycles. The number of piperazine rings is 1. The molecule has 6 heteroatoms. The van der Waals surface area contributed by atoms with Gasteiger partial charge in [0.2, 0.25) is 0 Å². The highest BCUT2D eigenvalue weighted by atomic mass is 16.2. The molecule has 6 nitrogen and oxygen atoms in total. The van der Waals surface area contributed by atoms with Gasteiger partial charge >= 0.3 is 0 Å². The molecule has 0 radical (unpaired) electrons. The summed E-state index contributed by atoms with van der Waals surface area (Å²) in [5.41, 5.74) is 5.92. The van der Waals surface area contributed by atoms with Crippen molar-refractivity contribution in [2.75, 3.05) is 39.3 Å². The minimum atomic E-state index is -0.0366. The van der Waals surface area contributed by atoms with Crippen molar-refractivity contribution < 1.29 is 4.79 Å². The third kappa shape index (κ3) is 2.98. The molecule has 0 saturated carbocycles. The Morgan fingerprint density at radius 2 is 2.06 bits per heavy atom. The molecular weight excluding hydrogens is 218 g/mol. The Labute approximate surface area is 100 Å². The minimum Gasteiger partial charge on any atom is -0.335 e. The van der Waals surface area contributed by atoms with Gasteiger partial charge in [-0.3, -0.25) is 14.7 Å². The normalized spacial score (nSPS) is 17.1. The van der Waals surface area contributed by atoms with Gasteiger partial charge in [-0.15, -0.1) is 0 Å². The Balaban J connectivity index is 1.91. The maximum Gasteiger partial charge on any atom is 0.274 e. The molecule has 2 rings (SSSR count). The van der Waals surface area contributed by atoms with E-state index in [-0.39, 0.29) is 5.91 Å². The standard InChI is InChI=1S/C11H17N5O/c12-1-4-15-5-7-16(8-6-15)11(17)10-9-13-2-3-14-10/h2-3,9H,1,4-8,12H2. The monoisotopic (exact) mass is 235 g/mol. The molecule has 2 heterocycles. The molecule has 17 heavy (non-hydrogen) atoms. The van der Waals surface area contributed by atoms with Gasteiger partial charge in [0.25, 0.3) is 5.91 Å². The van der Waals surface area contributed by atoms with Gasteiger partial charge in [0, 0.05) is 51.7 Å². The van der Waals surface area contributed by atoms with Crippen molar-refractivity contribution in [2.24, 2.45) is 5.73 Å². The number of nitrogens with zero attached hydrogens (tertiary/aromatic N) is 4. The molecule has 0 atom stereocenters. The van der Waals surface area contributed by atoms with Crippen LogP contribution in [-0.4, -0.2) is 64.9 Å². The second-order valence-corrected chi connectivity index (χ2v) is 4.01. The molecule has 1 aromatic heterocycles. The van der Waals surface area contributed by atoms with Gasteiger partial charge in [-0.1, -0.05) is 0 Å². The summed E-state index contributed by atoms with van der Waals surface area (Å²) in [6.07, 6.45) is 4.61. The van der Waals surface area contributed by atoms with Crippen molar-refractivity contribution in [3.05, 3.63) is 24.3 Å². The first-order valence-corrected chi connectivity index (χ1v) is 5.79. The van der Waals surface area contributed by atoms with Crippen LogP contribution in [0.4, 0.5) is 0 Å². The van der Waals surface area contributed by atoms with E-state index in [2.05, 4.69) is 14.9 Å². The smallest absolute Gasteiger partial charge is 0.274 e. The molecule has 92 valence electrons. The Morgan fingerprint density at radius 3 is 2.65 bits per heavy atom. The molecule has 1 fully saturated rings. The van der Waals surface area contributed by atoms with Gasteiger partial charge in [-0.05, 0) is 0 Å². The van der Waals surface area contributed by atoms with Crippen LogP contribution in [0.1, 0.15) is 10.5 Å². The Bertz CT molecular complexity index is 361. The van der Waals surface area contributed by atoms with Gasteiger partial charge in [0.05, 0.1) is 6.20 Å². The SMILES string of the molecule is NCCN1CCN(C(=O)c2cnccn2)CC1. The topological polar surface area (TPSA) is 75.3 Å². The maximum atomic E-state index is 12.0. The zero-order valence-electron chi connectivity index (χ0n) is 9.75. The maximum absolute atomic E-state index is 12.0. The van der Waals surface area contributed by atoms with Crippen molar-refractivity contribution in [3.8, 4) is 0 Å². The van der Waals surface area contributed by atoms with Gasteiger partial charge in [-0.2, -0.15) is 0 Å². The van der Waals surface area contributed by atoms with Crippen molar-refractivity contribution in [3.63, 3.8) is 0 Å². The molecule has 0 aliphatic carbocycles. The Kier molecular flexibility index (Phi) is 4.00. The third-order valence-electron chi connectivity index (χ3n) is 2.89. The largest absolute Gasteiger partial charge is 0.335 e. The second-order valence-electron chi connectivity index (χ2n) is 4.01. The molecule has 1 aromatic rings. The molecule has 1 saturated heterocycles. The lowest BCUT2D eigenvalue weighted by molar-refractivity contribution is 0.0634. The van der Waals surface area contributed by atoms with Crippen LogP contribution in [0.5, 0.6) is 0 Å². The van der Waals surface area contributed by atoms with Crippen molar-refractivity contribution in [1.29, 1.82) is 0 Å². The average molecular weight is 235 g/mol. The van der Waals surface area contributed by atoms with Crippen LogP contribution in [0, 0.1) is 0 Å². The van der Waals surface area contributed by atoms with Gasteiger partial charge in [-0.25, -0.2) is 4.98 Å². The average Bonchev–Trinajstić information content (AvgIpc) is 2.40. The van der Waals surface area contributed by atoms with E-state index in [1.165, 1.54) is 12.4 Å². The number of hydrogen-bond acceptors (Lipinski definition) is 5. The fourth-order valence-corrected chi connectivity index (χ4v) is 1.93. The summed E-state index contributed by atoms with van der Waals surface area (Å²) < 4.78 is 0. The van der Waals surface area contributed by atoms with E-state index in [4.69, 9.17) is 5.73 Å². The molecule has 0 spiro atoms. The number of hydrogen-bond donors (Lipinski definition) is 1. The quantitative estimate of drug-likeness (QED) is 0.742. The predicted molar refractivity (Wildman–Crippen MR) is 63.4 cm³/mol. The van der Waals surface area contributed by atoms with Gasteiger partial charge in [0.15, 0.2) is 0 Å². The summed E-state index contributed by atoms with van der Waals surface area (Å²) in [4.78, 5) is 24.1. The number of nitrogens with two attached hydrogens (primary N) is 1. The lowest BCUT2D eigenvalue weighted by Gasteiger charge is -2.34. The lowest BCUT2D eigenvalue weighted by atomic mass is 10.3. The van der Waals surface area contributed by atoms with E-state index in [1.807, 2.05) is 4.90 Å². The van der Waals surface area contributed by atoms with Crippen LogP contribution in [0.25, 0.3) is 0 Å². The fraction of sp³-hybridized carbons (Fsp3) is 0.545. The summed E-state index contributed by atoms with van der Waals surface area (Å²) in [6.45, 7) is 4.78. The first kappa shape index (κ1) is 11.9. The van der Waals surface area contributed by atoms with Crippen LogP contribution < -0.4 is 5.73 Å². The molecule has 2 N–H and O–H groups in total. The van der Waals surface area contributed by atoms with E-state index in [1.54, 1.807) is 6.20 Å². The van der Waals surface area contributed by atoms with E-state index in [0.29, 0.717) is 12.2 Å². The number of carbonyl (C=O) groups excluding carboxylic acids is 1. The van der Waals surface area contributed by atoms with Crippen molar-refractivity contribution >= 4 is 5.91 Å². The Morgan fingerprint density at radius 1 is 1.29 bits per heavy atom. The van der Waals surface area contributed by atoms with Crippen LogP contribution in [0.2, 0.25) is 0 Å². The second kappa shape index (κ2) is 5.70. The lowest BCUT2D eigenvalue weighted by Crippen LogP contribution is -2.49. The summed E-state index contributed by atoms with van der Waals surface area (Å²) in [5, 5.41) is 0. The van der Waals surface area contributed by atoms with Crippen LogP contribution in [-0.2, 0) is 0 Å². The van der Waals surface area contributed by atoms with Crippen LogP contribution >= 0.6 is 0 Å². The highest BCUT2D eigenvalue weighted by molar-refractivity contribution is 5.92. The zero-order chi connectivity index (χ0) is 12.1. The number of carbonyl (C=O) groups is 1. The summed E-state index contributed by atoms with van der Waals surface area (Å²) in [5.74, 6) is -0.0366. The highest BCUT2D eigenvalue weighted by Gasteiger charge is 2.22. The van der Waals surface area contributed by atoms with Crippen LogP contribution in [0.15, 0.2) is 18.6 Å². The Hall–Kier alpha value is -1.53. The molecule has 1 amide bonds. The third-order valence-corrected chi connectivity index (χ3v) is 2.89. The number of aromatic nitrogens is 2. The minimum absolute atomic E-state index is 0.0366. The number of rotatable bonds is 3. The van der Waals surface area contributed by atoms with E-state index < -0.39 is 0 Å². The molecule has 0 unspecified atom stereocenters.